The zero-order valence-corrected chi connectivity index (χ0v) is 13.9. The standard InChI is InChI=1S/C15H18BrN3.ClH/c1-2-3-7-19-8-6-11-14(17)12-9-10(16)4-5-13(12)18-15(11)19;/h4-5,9H,2-3,6-8H2,1H3,(H2,17,18);1H. The van der Waals surface area contributed by atoms with E-state index in [0.29, 0.717) is 0 Å². The summed E-state index contributed by atoms with van der Waals surface area (Å²) in [5.41, 5.74) is 9.46. The fourth-order valence-electron chi connectivity index (χ4n) is 2.71. The summed E-state index contributed by atoms with van der Waals surface area (Å²) in [6, 6.07) is 6.12. The summed E-state index contributed by atoms with van der Waals surface area (Å²) in [5.74, 6) is 1.10. The summed E-state index contributed by atoms with van der Waals surface area (Å²) in [5, 5.41) is 1.06. The maximum absolute atomic E-state index is 6.34. The Morgan fingerprint density at radius 3 is 2.95 bits per heavy atom. The van der Waals surface area contributed by atoms with E-state index in [1.165, 1.54) is 18.4 Å². The van der Waals surface area contributed by atoms with Gasteiger partial charge in [0.2, 0.25) is 0 Å². The summed E-state index contributed by atoms with van der Waals surface area (Å²) >= 11 is 3.50. The maximum Gasteiger partial charge on any atom is 0.134 e. The molecule has 0 spiro atoms. The second kappa shape index (κ2) is 6.19. The molecule has 0 amide bonds. The highest BCUT2D eigenvalue weighted by molar-refractivity contribution is 9.10. The molecule has 0 aliphatic carbocycles. The molecule has 3 rings (SSSR count). The monoisotopic (exact) mass is 355 g/mol. The van der Waals surface area contributed by atoms with Crippen molar-refractivity contribution >= 4 is 50.7 Å². The van der Waals surface area contributed by atoms with Crippen LogP contribution < -0.4 is 10.6 Å². The third kappa shape index (κ3) is 2.59. The molecule has 0 bridgehead atoms. The molecule has 1 aromatic carbocycles. The van der Waals surface area contributed by atoms with Crippen molar-refractivity contribution in [3.63, 3.8) is 0 Å². The van der Waals surface area contributed by atoms with E-state index in [4.69, 9.17) is 10.7 Å². The summed E-state index contributed by atoms with van der Waals surface area (Å²) in [7, 11) is 0. The van der Waals surface area contributed by atoms with Crippen LogP contribution in [0.15, 0.2) is 22.7 Å². The number of hydrogen-bond donors (Lipinski definition) is 1. The van der Waals surface area contributed by atoms with Gasteiger partial charge in [0, 0.05) is 34.2 Å². The summed E-state index contributed by atoms with van der Waals surface area (Å²) in [4.78, 5) is 7.19. The van der Waals surface area contributed by atoms with Crippen LogP contribution in [0.5, 0.6) is 0 Å². The molecular weight excluding hydrogens is 338 g/mol. The highest BCUT2D eigenvalue weighted by Crippen LogP contribution is 2.36. The first-order valence-electron chi connectivity index (χ1n) is 6.83. The molecule has 0 unspecified atom stereocenters. The third-order valence-corrected chi connectivity index (χ3v) is 4.28. The van der Waals surface area contributed by atoms with Crippen LogP contribution >= 0.6 is 28.3 Å². The van der Waals surface area contributed by atoms with E-state index in [2.05, 4.69) is 33.8 Å². The highest BCUT2D eigenvalue weighted by atomic mass is 79.9. The Morgan fingerprint density at radius 2 is 2.20 bits per heavy atom. The number of aromatic nitrogens is 1. The largest absolute Gasteiger partial charge is 0.398 e. The van der Waals surface area contributed by atoms with E-state index in [1.54, 1.807) is 0 Å². The topological polar surface area (TPSA) is 42.2 Å². The van der Waals surface area contributed by atoms with Gasteiger partial charge < -0.3 is 10.6 Å². The van der Waals surface area contributed by atoms with E-state index < -0.39 is 0 Å². The van der Waals surface area contributed by atoms with E-state index in [-0.39, 0.29) is 12.4 Å². The molecule has 1 aromatic heterocycles. The van der Waals surface area contributed by atoms with Crippen molar-refractivity contribution in [2.75, 3.05) is 23.7 Å². The number of nitrogens with zero attached hydrogens (tertiary/aromatic N) is 2. The molecule has 1 aliphatic heterocycles. The van der Waals surface area contributed by atoms with Gasteiger partial charge in [-0.2, -0.15) is 0 Å². The van der Waals surface area contributed by atoms with Gasteiger partial charge in [-0.3, -0.25) is 0 Å². The lowest BCUT2D eigenvalue weighted by Gasteiger charge is -2.18. The van der Waals surface area contributed by atoms with Crippen LogP contribution in [0.25, 0.3) is 10.9 Å². The van der Waals surface area contributed by atoms with Crippen molar-refractivity contribution in [2.45, 2.75) is 26.2 Å². The van der Waals surface area contributed by atoms with E-state index in [1.807, 2.05) is 12.1 Å². The lowest BCUT2D eigenvalue weighted by atomic mass is 10.1. The van der Waals surface area contributed by atoms with E-state index >= 15 is 0 Å². The Kier molecular flexibility index (Phi) is 4.76. The molecule has 0 fully saturated rings. The predicted molar refractivity (Wildman–Crippen MR) is 91.9 cm³/mol. The molecule has 3 nitrogen and oxygen atoms in total. The number of nitrogen functional groups attached to an aromatic ring is 1. The molecule has 0 saturated heterocycles. The average molecular weight is 357 g/mol. The van der Waals surface area contributed by atoms with Gasteiger partial charge >= 0.3 is 0 Å². The summed E-state index contributed by atoms with van der Waals surface area (Å²) < 4.78 is 1.05. The molecule has 2 heterocycles. The van der Waals surface area contributed by atoms with Crippen LogP contribution in [-0.4, -0.2) is 18.1 Å². The fraction of sp³-hybridized carbons (Fsp3) is 0.400. The number of fused-ring (bicyclic) bond motifs is 2. The van der Waals surface area contributed by atoms with Gasteiger partial charge in [0.25, 0.3) is 0 Å². The molecule has 20 heavy (non-hydrogen) atoms. The van der Waals surface area contributed by atoms with Crippen LogP contribution in [-0.2, 0) is 6.42 Å². The lowest BCUT2D eigenvalue weighted by Crippen LogP contribution is -2.22. The van der Waals surface area contributed by atoms with Gasteiger partial charge in [0.1, 0.15) is 5.82 Å². The molecule has 5 heteroatoms. The molecule has 0 atom stereocenters. The minimum atomic E-state index is 0. The number of halogens is 2. The SMILES string of the molecule is CCCCN1CCc2c1nc1ccc(Br)cc1c2N.Cl. The van der Waals surface area contributed by atoms with Gasteiger partial charge in [-0.25, -0.2) is 4.98 Å². The first-order chi connectivity index (χ1) is 9.20. The second-order valence-electron chi connectivity index (χ2n) is 5.08. The molecular formula is C15H19BrClN3. The lowest BCUT2D eigenvalue weighted by molar-refractivity contribution is 0.732. The molecule has 1 aliphatic rings. The van der Waals surface area contributed by atoms with Gasteiger partial charge in [-0.05, 0) is 31.0 Å². The fourth-order valence-corrected chi connectivity index (χ4v) is 3.07. The molecule has 108 valence electrons. The number of pyridine rings is 1. The van der Waals surface area contributed by atoms with E-state index in [9.17, 15) is 0 Å². The van der Waals surface area contributed by atoms with Crippen LogP contribution in [0.3, 0.4) is 0 Å². The maximum atomic E-state index is 6.34. The molecule has 0 radical (unpaired) electrons. The third-order valence-electron chi connectivity index (χ3n) is 3.78. The molecule has 2 N–H and O–H groups in total. The zero-order chi connectivity index (χ0) is 13.4. The summed E-state index contributed by atoms with van der Waals surface area (Å²) in [6.45, 7) is 4.35. The molecule has 2 aromatic rings. The number of anilines is 2. The Hall–Kier alpha value is -1.00. The van der Waals surface area contributed by atoms with E-state index in [0.717, 1.165) is 46.4 Å². The Labute approximate surface area is 134 Å². The first kappa shape index (κ1) is 15.4. The second-order valence-corrected chi connectivity index (χ2v) is 6.00. The smallest absolute Gasteiger partial charge is 0.134 e. The van der Waals surface area contributed by atoms with Crippen molar-refractivity contribution < 1.29 is 0 Å². The number of nitrogens with two attached hydrogens (primary N) is 1. The predicted octanol–water partition coefficient (Wildman–Crippen LogP) is 4.16. The van der Waals surface area contributed by atoms with Gasteiger partial charge in [-0.15, -0.1) is 12.4 Å². The van der Waals surface area contributed by atoms with Crippen LogP contribution in [0.4, 0.5) is 11.5 Å². The zero-order valence-electron chi connectivity index (χ0n) is 11.5. The van der Waals surface area contributed by atoms with Crippen molar-refractivity contribution in [3.8, 4) is 0 Å². The molecule has 0 saturated carbocycles. The van der Waals surface area contributed by atoms with Crippen LogP contribution in [0.2, 0.25) is 0 Å². The number of benzene rings is 1. The highest BCUT2D eigenvalue weighted by Gasteiger charge is 2.24. The van der Waals surface area contributed by atoms with Crippen LogP contribution in [0.1, 0.15) is 25.3 Å². The first-order valence-corrected chi connectivity index (χ1v) is 7.62. The normalized spacial score (nSPS) is 13.4. The number of hydrogen-bond acceptors (Lipinski definition) is 3. The van der Waals surface area contributed by atoms with Gasteiger partial charge in [-0.1, -0.05) is 29.3 Å². The Morgan fingerprint density at radius 1 is 1.40 bits per heavy atom. The number of unbranched alkanes of at least 4 members (excludes halogenated alkanes) is 1. The van der Waals surface area contributed by atoms with Crippen molar-refractivity contribution in [2.24, 2.45) is 0 Å². The van der Waals surface area contributed by atoms with Gasteiger partial charge in [0.05, 0.1) is 5.52 Å². The quantitative estimate of drug-likeness (QED) is 0.897. The summed E-state index contributed by atoms with van der Waals surface area (Å²) in [6.07, 6.45) is 3.43. The minimum Gasteiger partial charge on any atom is -0.398 e. The van der Waals surface area contributed by atoms with Crippen LogP contribution in [0, 0.1) is 0 Å². The number of rotatable bonds is 3. The Bertz CT molecular complexity index is 630. The average Bonchev–Trinajstić information content (AvgIpc) is 2.81. The minimum absolute atomic E-state index is 0. The Balaban J connectivity index is 0.00000147. The van der Waals surface area contributed by atoms with Crippen molar-refractivity contribution in [1.29, 1.82) is 0 Å². The van der Waals surface area contributed by atoms with Crippen molar-refractivity contribution in [1.82, 2.24) is 4.98 Å². The van der Waals surface area contributed by atoms with Crippen molar-refractivity contribution in [3.05, 3.63) is 28.2 Å². The van der Waals surface area contributed by atoms with Gasteiger partial charge in [0.15, 0.2) is 0 Å².